The van der Waals surface area contributed by atoms with E-state index in [1.165, 1.54) is 7.11 Å². The number of para-hydroxylation sites is 1. The summed E-state index contributed by atoms with van der Waals surface area (Å²) in [7, 11) is 1.34. The quantitative estimate of drug-likeness (QED) is 0.459. The average molecular weight is 383 g/mol. The van der Waals surface area contributed by atoms with Crippen LogP contribution in [0.4, 0.5) is 0 Å². The van der Waals surface area contributed by atoms with E-state index in [9.17, 15) is 14.4 Å². The van der Waals surface area contributed by atoms with E-state index in [0.29, 0.717) is 23.4 Å². The molecule has 0 aliphatic heterocycles. The zero-order valence-electron chi connectivity index (χ0n) is 16.0. The van der Waals surface area contributed by atoms with Gasteiger partial charge in [0.05, 0.1) is 13.5 Å². The van der Waals surface area contributed by atoms with Crippen LogP contribution in [0, 0.1) is 13.8 Å². The van der Waals surface area contributed by atoms with Crippen LogP contribution in [0.5, 0.6) is 0 Å². The lowest BCUT2D eigenvalue weighted by molar-refractivity contribution is -0.140. The van der Waals surface area contributed by atoms with Crippen molar-refractivity contribution in [2.45, 2.75) is 26.8 Å². The Bertz CT molecular complexity index is 1010. The third-order valence-electron chi connectivity index (χ3n) is 4.60. The molecular weight excluding hydrogens is 362 g/mol. The number of nitrogens with zero attached hydrogens (tertiary/aromatic N) is 1. The van der Waals surface area contributed by atoms with Gasteiger partial charge in [-0.1, -0.05) is 18.2 Å². The molecule has 0 saturated heterocycles. The van der Waals surface area contributed by atoms with Crippen molar-refractivity contribution < 1.29 is 28.3 Å². The molecule has 0 fully saturated rings. The molecule has 0 aliphatic carbocycles. The maximum absolute atomic E-state index is 12.5. The molecule has 146 valence electrons. The monoisotopic (exact) mass is 383 g/mol. The first-order valence-electron chi connectivity index (χ1n) is 8.83. The Kier molecular flexibility index (Phi) is 5.63. The molecule has 0 N–H and O–H groups in total. The number of benzene rings is 1. The summed E-state index contributed by atoms with van der Waals surface area (Å²) in [6, 6.07) is 10.5. The number of fused-ring (bicyclic) bond motifs is 1. The van der Waals surface area contributed by atoms with Gasteiger partial charge < -0.3 is 18.5 Å². The molecule has 0 unspecified atom stereocenters. The Labute approximate surface area is 161 Å². The van der Waals surface area contributed by atoms with Crippen LogP contribution >= 0.6 is 0 Å². The zero-order valence-corrected chi connectivity index (χ0v) is 16.0. The van der Waals surface area contributed by atoms with Crippen LogP contribution in [-0.2, 0) is 20.8 Å². The third kappa shape index (κ3) is 3.98. The number of methoxy groups -OCH3 is 1. The van der Waals surface area contributed by atoms with Crippen molar-refractivity contribution in [3.05, 3.63) is 59.1 Å². The first-order chi connectivity index (χ1) is 13.4. The van der Waals surface area contributed by atoms with Crippen LogP contribution in [0.15, 0.2) is 40.8 Å². The standard InChI is InChI=1S/C21H21NO6/c1-13-10-16(14(2)22(13)9-8-20(24)26-3)17(23)12-27-21(25)19-11-15-6-4-5-7-18(15)28-19/h4-7,10-11H,8-9,12H2,1-3H3. The summed E-state index contributed by atoms with van der Waals surface area (Å²) < 4.78 is 17.1. The summed E-state index contributed by atoms with van der Waals surface area (Å²) in [6.07, 6.45) is 0.210. The van der Waals surface area contributed by atoms with Gasteiger partial charge in [-0.2, -0.15) is 0 Å². The summed E-state index contributed by atoms with van der Waals surface area (Å²) in [5.41, 5.74) is 2.59. The number of rotatable bonds is 7. The molecule has 2 heterocycles. The summed E-state index contributed by atoms with van der Waals surface area (Å²) in [5, 5.41) is 0.787. The number of ketones is 1. The Hall–Kier alpha value is -3.35. The van der Waals surface area contributed by atoms with Gasteiger partial charge in [0.1, 0.15) is 5.58 Å². The first-order valence-corrected chi connectivity index (χ1v) is 8.83. The highest BCUT2D eigenvalue weighted by Gasteiger charge is 2.20. The van der Waals surface area contributed by atoms with Crippen LogP contribution in [0.2, 0.25) is 0 Å². The number of aromatic nitrogens is 1. The molecule has 0 aliphatic rings. The molecule has 0 bridgehead atoms. The molecular formula is C21H21NO6. The van der Waals surface area contributed by atoms with Gasteiger partial charge in [0, 0.05) is 28.9 Å². The maximum Gasteiger partial charge on any atom is 0.374 e. The molecule has 28 heavy (non-hydrogen) atoms. The number of ether oxygens (including phenoxy) is 2. The van der Waals surface area contributed by atoms with E-state index in [4.69, 9.17) is 9.15 Å². The molecule has 0 amide bonds. The van der Waals surface area contributed by atoms with E-state index < -0.39 is 12.6 Å². The smallest absolute Gasteiger partial charge is 0.374 e. The van der Waals surface area contributed by atoms with Crippen LogP contribution in [-0.4, -0.2) is 36.0 Å². The highest BCUT2D eigenvalue weighted by atomic mass is 16.5. The molecule has 7 heteroatoms. The van der Waals surface area contributed by atoms with Gasteiger partial charge in [-0.25, -0.2) is 4.79 Å². The number of esters is 2. The van der Waals surface area contributed by atoms with Gasteiger partial charge in [-0.05, 0) is 32.0 Å². The van der Waals surface area contributed by atoms with Crippen LogP contribution < -0.4 is 0 Å². The largest absolute Gasteiger partial charge is 0.469 e. The minimum Gasteiger partial charge on any atom is -0.469 e. The number of hydrogen-bond donors (Lipinski definition) is 0. The lowest BCUT2D eigenvalue weighted by Crippen LogP contribution is -2.15. The summed E-state index contributed by atoms with van der Waals surface area (Å²) in [4.78, 5) is 36.1. The molecule has 0 spiro atoms. The van der Waals surface area contributed by atoms with Gasteiger partial charge in [0.15, 0.2) is 6.61 Å². The van der Waals surface area contributed by atoms with Crippen molar-refractivity contribution in [1.29, 1.82) is 0 Å². The van der Waals surface area contributed by atoms with E-state index in [1.807, 2.05) is 23.6 Å². The van der Waals surface area contributed by atoms with Crippen LogP contribution in [0.25, 0.3) is 11.0 Å². The predicted octanol–water partition coefficient (Wildman–Crippen LogP) is 3.45. The van der Waals surface area contributed by atoms with E-state index in [-0.39, 0.29) is 23.9 Å². The Morgan fingerprint density at radius 3 is 2.57 bits per heavy atom. The molecule has 7 nitrogen and oxygen atoms in total. The van der Waals surface area contributed by atoms with Crippen LogP contribution in [0.1, 0.15) is 38.7 Å². The number of carbonyl (C=O) groups is 3. The minimum absolute atomic E-state index is 0.0533. The van der Waals surface area contributed by atoms with Gasteiger partial charge >= 0.3 is 11.9 Å². The van der Waals surface area contributed by atoms with E-state index in [2.05, 4.69) is 4.74 Å². The normalized spacial score (nSPS) is 10.8. The van der Waals surface area contributed by atoms with Crippen molar-refractivity contribution in [1.82, 2.24) is 4.57 Å². The fraction of sp³-hybridized carbons (Fsp3) is 0.286. The SMILES string of the molecule is COC(=O)CCn1c(C)cc(C(=O)COC(=O)c2cc3ccccc3o2)c1C. The zero-order chi connectivity index (χ0) is 20.3. The molecule has 0 radical (unpaired) electrons. The topological polar surface area (TPSA) is 87.7 Å². The number of aryl methyl sites for hydroxylation is 1. The Morgan fingerprint density at radius 2 is 1.86 bits per heavy atom. The van der Waals surface area contributed by atoms with E-state index >= 15 is 0 Å². The second-order valence-electron chi connectivity index (χ2n) is 6.41. The molecule has 3 rings (SSSR count). The number of hydrogen-bond acceptors (Lipinski definition) is 6. The lowest BCUT2D eigenvalue weighted by atomic mass is 10.1. The second kappa shape index (κ2) is 8.12. The van der Waals surface area contributed by atoms with Crippen molar-refractivity contribution >= 4 is 28.7 Å². The minimum atomic E-state index is -0.691. The van der Waals surface area contributed by atoms with Crippen molar-refractivity contribution in [3.63, 3.8) is 0 Å². The molecule has 3 aromatic rings. The Balaban J connectivity index is 1.66. The Morgan fingerprint density at radius 1 is 1.11 bits per heavy atom. The fourth-order valence-electron chi connectivity index (χ4n) is 3.10. The fourth-order valence-corrected chi connectivity index (χ4v) is 3.10. The summed E-state index contributed by atoms with van der Waals surface area (Å²) in [5.74, 6) is -1.27. The van der Waals surface area contributed by atoms with Gasteiger partial charge in [0.25, 0.3) is 0 Å². The molecule has 2 aromatic heterocycles. The second-order valence-corrected chi connectivity index (χ2v) is 6.41. The number of Topliss-reactive ketones (excluding diaryl/α,β-unsaturated/α-hetero) is 1. The van der Waals surface area contributed by atoms with Gasteiger partial charge in [-0.15, -0.1) is 0 Å². The molecule has 0 atom stereocenters. The summed E-state index contributed by atoms with van der Waals surface area (Å²) >= 11 is 0. The molecule has 1 aromatic carbocycles. The van der Waals surface area contributed by atoms with Crippen molar-refractivity contribution in [2.24, 2.45) is 0 Å². The van der Waals surface area contributed by atoms with Crippen molar-refractivity contribution in [2.75, 3.05) is 13.7 Å². The van der Waals surface area contributed by atoms with Crippen LogP contribution in [0.3, 0.4) is 0 Å². The van der Waals surface area contributed by atoms with E-state index in [1.54, 1.807) is 31.2 Å². The third-order valence-corrected chi connectivity index (χ3v) is 4.60. The summed E-state index contributed by atoms with van der Waals surface area (Å²) in [6.45, 7) is 3.66. The van der Waals surface area contributed by atoms with Crippen molar-refractivity contribution in [3.8, 4) is 0 Å². The number of carbonyl (C=O) groups excluding carboxylic acids is 3. The highest BCUT2D eigenvalue weighted by molar-refractivity contribution is 6.00. The maximum atomic E-state index is 12.5. The number of furan rings is 1. The first kappa shape index (κ1) is 19.4. The average Bonchev–Trinajstić information content (AvgIpc) is 3.25. The predicted molar refractivity (Wildman–Crippen MR) is 101 cm³/mol. The molecule has 0 saturated carbocycles. The lowest BCUT2D eigenvalue weighted by Gasteiger charge is -2.09. The van der Waals surface area contributed by atoms with Gasteiger partial charge in [0.2, 0.25) is 11.5 Å². The van der Waals surface area contributed by atoms with E-state index in [0.717, 1.165) is 11.1 Å². The highest BCUT2D eigenvalue weighted by Crippen LogP contribution is 2.20. The van der Waals surface area contributed by atoms with Gasteiger partial charge in [-0.3, -0.25) is 9.59 Å².